The molecule has 1 aromatic heterocycles. The number of carbonyl (C=O) groups is 1. The number of nitrogens with zero attached hydrogens (tertiary/aromatic N) is 2. The van der Waals surface area contributed by atoms with E-state index in [0.29, 0.717) is 18.5 Å². The highest BCUT2D eigenvalue weighted by Gasteiger charge is 2.21. The molecular formula is C15H21Cl2FN4O. The van der Waals surface area contributed by atoms with Crippen LogP contribution in [0.15, 0.2) is 18.2 Å². The van der Waals surface area contributed by atoms with Crippen LogP contribution in [0.5, 0.6) is 0 Å². The zero-order valence-electron chi connectivity index (χ0n) is 12.8. The van der Waals surface area contributed by atoms with E-state index in [1.54, 1.807) is 6.07 Å². The zero-order valence-corrected chi connectivity index (χ0v) is 14.5. The van der Waals surface area contributed by atoms with Gasteiger partial charge in [-0.3, -0.25) is 4.79 Å². The van der Waals surface area contributed by atoms with E-state index in [4.69, 9.17) is 0 Å². The van der Waals surface area contributed by atoms with Crippen LogP contribution in [0.3, 0.4) is 0 Å². The Morgan fingerprint density at radius 2 is 2.26 bits per heavy atom. The lowest BCUT2D eigenvalue weighted by molar-refractivity contribution is -0.124. The van der Waals surface area contributed by atoms with Crippen LogP contribution in [0, 0.1) is 11.7 Å². The second-order valence-electron chi connectivity index (χ2n) is 5.45. The molecule has 1 aromatic carbocycles. The molecule has 1 saturated heterocycles. The van der Waals surface area contributed by atoms with Gasteiger partial charge in [0.2, 0.25) is 5.91 Å². The molecule has 3 rings (SSSR count). The van der Waals surface area contributed by atoms with Crippen molar-refractivity contribution in [1.29, 1.82) is 0 Å². The molecule has 23 heavy (non-hydrogen) atoms. The summed E-state index contributed by atoms with van der Waals surface area (Å²) in [5.41, 5.74) is 1.55. The topological polar surface area (TPSA) is 59.0 Å². The zero-order chi connectivity index (χ0) is 14.8. The number of fused-ring (bicyclic) bond motifs is 1. The number of aryl methyl sites for hydroxylation is 1. The molecule has 2 heterocycles. The standard InChI is InChI=1S/C15H19FN4O.2ClH/c1-20-13-3-2-11(16)8-12(13)19-14(20)5-7-18-15(21)10-4-6-17-9-10;;/h2-3,8,10,17H,4-7,9H2,1H3,(H,18,21);2*1H. The van der Waals surface area contributed by atoms with Crippen molar-refractivity contribution in [1.82, 2.24) is 20.2 Å². The summed E-state index contributed by atoms with van der Waals surface area (Å²) in [5, 5.41) is 6.13. The van der Waals surface area contributed by atoms with E-state index >= 15 is 0 Å². The third-order valence-corrected chi connectivity index (χ3v) is 4.01. The van der Waals surface area contributed by atoms with Gasteiger partial charge in [0.25, 0.3) is 0 Å². The van der Waals surface area contributed by atoms with Crippen LogP contribution in [0.2, 0.25) is 0 Å². The Labute approximate surface area is 146 Å². The maximum Gasteiger partial charge on any atom is 0.224 e. The lowest BCUT2D eigenvalue weighted by atomic mass is 10.1. The summed E-state index contributed by atoms with van der Waals surface area (Å²) < 4.78 is 15.1. The van der Waals surface area contributed by atoms with Gasteiger partial charge in [-0.1, -0.05) is 0 Å². The van der Waals surface area contributed by atoms with Gasteiger partial charge in [0.1, 0.15) is 11.6 Å². The molecule has 128 valence electrons. The van der Waals surface area contributed by atoms with E-state index in [-0.39, 0.29) is 42.5 Å². The second kappa shape index (κ2) is 8.47. The Morgan fingerprint density at radius 1 is 1.48 bits per heavy atom. The average Bonchev–Trinajstić information content (AvgIpc) is 3.08. The van der Waals surface area contributed by atoms with E-state index in [1.807, 2.05) is 11.6 Å². The molecular weight excluding hydrogens is 342 g/mol. The molecule has 0 spiro atoms. The van der Waals surface area contributed by atoms with Crippen molar-refractivity contribution in [3.63, 3.8) is 0 Å². The van der Waals surface area contributed by atoms with Gasteiger partial charge < -0.3 is 15.2 Å². The van der Waals surface area contributed by atoms with Gasteiger partial charge in [0.05, 0.1) is 17.0 Å². The molecule has 1 aliphatic heterocycles. The minimum atomic E-state index is -0.283. The Bertz CT molecular complexity index is 671. The van der Waals surface area contributed by atoms with Crippen molar-refractivity contribution >= 4 is 41.8 Å². The van der Waals surface area contributed by atoms with Crippen LogP contribution in [0.4, 0.5) is 4.39 Å². The highest BCUT2D eigenvalue weighted by atomic mass is 35.5. The van der Waals surface area contributed by atoms with E-state index in [1.165, 1.54) is 12.1 Å². The van der Waals surface area contributed by atoms with Crippen molar-refractivity contribution in [3.8, 4) is 0 Å². The fourth-order valence-electron chi connectivity index (χ4n) is 2.77. The molecule has 1 unspecified atom stereocenters. The predicted octanol–water partition coefficient (Wildman–Crippen LogP) is 1.82. The number of carbonyl (C=O) groups excluding carboxylic acids is 1. The predicted molar refractivity (Wildman–Crippen MR) is 92.9 cm³/mol. The van der Waals surface area contributed by atoms with Crippen LogP contribution in [0.25, 0.3) is 11.0 Å². The summed E-state index contributed by atoms with van der Waals surface area (Å²) in [5.74, 6) is 0.749. The Morgan fingerprint density at radius 3 is 2.96 bits per heavy atom. The van der Waals surface area contributed by atoms with E-state index in [2.05, 4.69) is 15.6 Å². The fraction of sp³-hybridized carbons (Fsp3) is 0.467. The molecule has 8 heteroatoms. The summed E-state index contributed by atoms with van der Waals surface area (Å²) in [6.45, 7) is 2.22. The molecule has 0 aliphatic carbocycles. The number of hydrogen-bond acceptors (Lipinski definition) is 3. The highest BCUT2D eigenvalue weighted by molar-refractivity contribution is 5.85. The highest BCUT2D eigenvalue weighted by Crippen LogP contribution is 2.16. The summed E-state index contributed by atoms with van der Waals surface area (Å²) in [6.07, 6.45) is 1.54. The molecule has 2 aromatic rings. The quantitative estimate of drug-likeness (QED) is 0.872. The lowest BCUT2D eigenvalue weighted by Gasteiger charge is -2.09. The van der Waals surface area contributed by atoms with Crippen molar-refractivity contribution in [2.75, 3.05) is 19.6 Å². The summed E-state index contributed by atoms with van der Waals surface area (Å²) in [7, 11) is 1.91. The minimum Gasteiger partial charge on any atom is -0.355 e. The number of benzene rings is 1. The Balaban J connectivity index is 0.00000132. The number of halogens is 3. The lowest BCUT2D eigenvalue weighted by Crippen LogP contribution is -2.33. The van der Waals surface area contributed by atoms with Gasteiger partial charge in [-0.15, -0.1) is 24.8 Å². The molecule has 1 atom stereocenters. The maximum atomic E-state index is 13.2. The van der Waals surface area contributed by atoms with Gasteiger partial charge in [-0.25, -0.2) is 9.37 Å². The monoisotopic (exact) mass is 362 g/mol. The number of nitrogens with one attached hydrogen (secondary N) is 2. The first-order chi connectivity index (χ1) is 10.1. The third-order valence-electron chi connectivity index (χ3n) is 4.01. The third kappa shape index (κ3) is 4.34. The van der Waals surface area contributed by atoms with Gasteiger partial charge in [-0.05, 0) is 25.1 Å². The Hall–Kier alpha value is -1.37. The SMILES string of the molecule is Cl.Cl.Cn1c(CCNC(=O)C2CCNC2)nc2cc(F)ccc21. The molecule has 1 amide bonds. The van der Waals surface area contributed by atoms with Crippen LogP contribution >= 0.6 is 24.8 Å². The molecule has 5 nitrogen and oxygen atoms in total. The number of aromatic nitrogens is 2. The summed E-state index contributed by atoms with van der Waals surface area (Å²) in [4.78, 5) is 16.3. The second-order valence-corrected chi connectivity index (χ2v) is 5.45. The molecule has 2 N–H and O–H groups in total. The van der Waals surface area contributed by atoms with Crippen LogP contribution in [-0.4, -0.2) is 35.1 Å². The minimum absolute atomic E-state index is 0. The van der Waals surface area contributed by atoms with Crippen LogP contribution in [0.1, 0.15) is 12.2 Å². The fourth-order valence-corrected chi connectivity index (χ4v) is 2.77. The van der Waals surface area contributed by atoms with Crippen molar-refractivity contribution in [2.45, 2.75) is 12.8 Å². The number of rotatable bonds is 4. The largest absolute Gasteiger partial charge is 0.355 e. The van der Waals surface area contributed by atoms with E-state index in [9.17, 15) is 9.18 Å². The molecule has 1 aliphatic rings. The average molecular weight is 363 g/mol. The smallest absolute Gasteiger partial charge is 0.224 e. The molecule has 0 saturated carbocycles. The van der Waals surface area contributed by atoms with E-state index < -0.39 is 0 Å². The van der Waals surface area contributed by atoms with Gasteiger partial charge in [-0.2, -0.15) is 0 Å². The number of imidazole rings is 1. The summed E-state index contributed by atoms with van der Waals surface area (Å²) >= 11 is 0. The molecule has 0 bridgehead atoms. The first-order valence-electron chi connectivity index (χ1n) is 7.24. The first kappa shape index (κ1) is 19.7. The van der Waals surface area contributed by atoms with Crippen LogP contribution in [-0.2, 0) is 18.3 Å². The van der Waals surface area contributed by atoms with Crippen molar-refractivity contribution < 1.29 is 9.18 Å². The number of amides is 1. The normalized spacial score (nSPS) is 16.7. The maximum absolute atomic E-state index is 13.2. The van der Waals surface area contributed by atoms with Crippen molar-refractivity contribution in [3.05, 3.63) is 29.8 Å². The molecule has 1 fully saturated rings. The van der Waals surface area contributed by atoms with Crippen molar-refractivity contribution in [2.24, 2.45) is 13.0 Å². The molecule has 0 radical (unpaired) electrons. The number of hydrogen-bond donors (Lipinski definition) is 2. The van der Waals surface area contributed by atoms with Gasteiger partial charge in [0.15, 0.2) is 0 Å². The Kier molecular flexibility index (Phi) is 7.25. The van der Waals surface area contributed by atoms with E-state index in [0.717, 1.165) is 30.9 Å². The van der Waals surface area contributed by atoms with Gasteiger partial charge >= 0.3 is 0 Å². The summed E-state index contributed by atoms with van der Waals surface area (Å²) in [6, 6.07) is 4.59. The first-order valence-corrected chi connectivity index (χ1v) is 7.24. The van der Waals surface area contributed by atoms with Gasteiger partial charge in [0, 0.05) is 32.6 Å². The van der Waals surface area contributed by atoms with Crippen LogP contribution < -0.4 is 10.6 Å².